The Balaban J connectivity index is 2.27. The van der Waals surface area contributed by atoms with Crippen molar-refractivity contribution in [1.29, 1.82) is 0 Å². The lowest BCUT2D eigenvalue weighted by atomic mass is 9.82. The van der Waals surface area contributed by atoms with Crippen LogP contribution in [0.4, 0.5) is 0 Å². The number of benzene rings is 2. The van der Waals surface area contributed by atoms with Gasteiger partial charge >= 0.3 is 0 Å². The van der Waals surface area contributed by atoms with Gasteiger partial charge in [-0.3, -0.25) is 0 Å². The van der Waals surface area contributed by atoms with Crippen molar-refractivity contribution in [1.82, 2.24) is 5.32 Å². The Morgan fingerprint density at radius 3 is 2.41 bits per heavy atom. The molecule has 0 atom stereocenters. The fourth-order valence-corrected chi connectivity index (χ4v) is 2.47. The first kappa shape index (κ1) is 10.6. The minimum Gasteiger partial charge on any atom is -0.496 e. The molecule has 0 bridgehead atoms. The normalized spacial score (nSPS) is 17.8. The van der Waals surface area contributed by atoms with Crippen molar-refractivity contribution in [2.45, 2.75) is 5.54 Å². The largest absolute Gasteiger partial charge is 0.496 e. The van der Waals surface area contributed by atoms with Gasteiger partial charge in [0.2, 0.25) is 0 Å². The first-order valence-corrected chi connectivity index (χ1v) is 5.80. The molecular weight excluding hydrogens is 212 g/mol. The van der Waals surface area contributed by atoms with Crippen molar-refractivity contribution in [3.8, 4) is 5.75 Å². The molecule has 0 saturated carbocycles. The van der Waals surface area contributed by atoms with Gasteiger partial charge in [0.05, 0.1) is 12.6 Å². The maximum atomic E-state index is 6.38. The minimum absolute atomic E-state index is 0.230. The summed E-state index contributed by atoms with van der Waals surface area (Å²) >= 11 is 0. The van der Waals surface area contributed by atoms with E-state index in [2.05, 4.69) is 23.5 Å². The Labute approximate surface area is 101 Å². The average Bonchev–Trinajstić information content (AvgIpc) is 2.34. The standard InChI is InChI=1S/C14H16N2O/c1-17-13-7-6-12(14(15)8-16-9-14)10-4-2-3-5-11(10)13/h2-7,16H,8-9,15H2,1H3. The van der Waals surface area contributed by atoms with Gasteiger partial charge in [0.25, 0.3) is 0 Å². The fraction of sp³-hybridized carbons (Fsp3) is 0.286. The molecule has 0 aliphatic carbocycles. The summed E-state index contributed by atoms with van der Waals surface area (Å²) in [5.74, 6) is 0.903. The second-order valence-corrected chi connectivity index (χ2v) is 4.62. The highest BCUT2D eigenvalue weighted by atomic mass is 16.5. The quantitative estimate of drug-likeness (QED) is 0.821. The van der Waals surface area contributed by atoms with E-state index in [1.165, 1.54) is 10.9 Å². The molecule has 1 aliphatic heterocycles. The molecule has 0 unspecified atom stereocenters. The first-order valence-electron chi connectivity index (χ1n) is 5.80. The van der Waals surface area contributed by atoms with E-state index < -0.39 is 0 Å². The number of nitrogens with one attached hydrogen (secondary N) is 1. The zero-order chi connectivity index (χ0) is 11.9. The topological polar surface area (TPSA) is 47.3 Å². The average molecular weight is 228 g/mol. The Hall–Kier alpha value is -1.58. The van der Waals surface area contributed by atoms with Crippen LogP contribution in [0.3, 0.4) is 0 Å². The molecule has 0 spiro atoms. The highest BCUT2D eigenvalue weighted by Gasteiger charge is 2.35. The highest BCUT2D eigenvalue weighted by molar-refractivity contribution is 5.92. The molecule has 1 aliphatic rings. The molecule has 3 rings (SSSR count). The number of nitrogens with two attached hydrogens (primary N) is 1. The summed E-state index contributed by atoms with van der Waals surface area (Å²) in [4.78, 5) is 0. The molecule has 0 aromatic heterocycles. The van der Waals surface area contributed by atoms with E-state index in [4.69, 9.17) is 10.5 Å². The number of hydrogen-bond donors (Lipinski definition) is 2. The Bertz CT molecular complexity index is 561. The second-order valence-electron chi connectivity index (χ2n) is 4.62. The van der Waals surface area contributed by atoms with Gasteiger partial charge in [0.15, 0.2) is 0 Å². The number of ether oxygens (including phenoxy) is 1. The van der Waals surface area contributed by atoms with E-state index in [-0.39, 0.29) is 5.54 Å². The highest BCUT2D eigenvalue weighted by Crippen LogP contribution is 2.34. The minimum atomic E-state index is -0.230. The van der Waals surface area contributed by atoms with E-state index in [0.717, 1.165) is 24.2 Å². The lowest BCUT2D eigenvalue weighted by Gasteiger charge is -2.40. The zero-order valence-electron chi connectivity index (χ0n) is 9.86. The molecule has 0 amide bonds. The molecule has 1 fully saturated rings. The lowest BCUT2D eigenvalue weighted by molar-refractivity contribution is 0.289. The fourth-order valence-electron chi connectivity index (χ4n) is 2.47. The van der Waals surface area contributed by atoms with Gasteiger partial charge in [0.1, 0.15) is 5.75 Å². The number of methoxy groups -OCH3 is 1. The zero-order valence-corrected chi connectivity index (χ0v) is 9.86. The molecule has 17 heavy (non-hydrogen) atoms. The van der Waals surface area contributed by atoms with Crippen LogP contribution in [0, 0.1) is 0 Å². The van der Waals surface area contributed by atoms with Gasteiger partial charge in [-0.2, -0.15) is 0 Å². The Morgan fingerprint density at radius 2 is 1.82 bits per heavy atom. The van der Waals surface area contributed by atoms with Crippen molar-refractivity contribution in [2.75, 3.05) is 20.2 Å². The van der Waals surface area contributed by atoms with E-state index in [1.807, 2.05) is 18.2 Å². The van der Waals surface area contributed by atoms with Crippen molar-refractivity contribution in [3.05, 3.63) is 42.0 Å². The molecule has 88 valence electrons. The summed E-state index contributed by atoms with van der Waals surface area (Å²) in [5.41, 5.74) is 7.35. The third-order valence-corrected chi connectivity index (χ3v) is 3.52. The third kappa shape index (κ3) is 1.51. The van der Waals surface area contributed by atoms with Gasteiger partial charge in [-0.05, 0) is 17.0 Å². The lowest BCUT2D eigenvalue weighted by Crippen LogP contribution is -2.62. The molecule has 1 saturated heterocycles. The van der Waals surface area contributed by atoms with Crippen molar-refractivity contribution >= 4 is 10.8 Å². The Kier molecular flexibility index (Phi) is 2.31. The van der Waals surface area contributed by atoms with Crippen molar-refractivity contribution in [3.63, 3.8) is 0 Å². The second kappa shape index (κ2) is 3.72. The number of fused-ring (bicyclic) bond motifs is 1. The van der Waals surface area contributed by atoms with Crippen LogP contribution in [-0.2, 0) is 5.54 Å². The first-order chi connectivity index (χ1) is 8.24. The van der Waals surface area contributed by atoms with E-state index in [9.17, 15) is 0 Å². The molecule has 3 heteroatoms. The van der Waals surface area contributed by atoms with Crippen LogP contribution in [0.5, 0.6) is 5.75 Å². The summed E-state index contributed by atoms with van der Waals surface area (Å²) in [6.45, 7) is 1.67. The van der Waals surface area contributed by atoms with Gasteiger partial charge < -0.3 is 15.8 Å². The summed E-state index contributed by atoms with van der Waals surface area (Å²) in [6.07, 6.45) is 0. The molecule has 2 aromatic carbocycles. The molecule has 3 N–H and O–H groups in total. The molecular formula is C14H16N2O. The van der Waals surface area contributed by atoms with E-state index >= 15 is 0 Å². The van der Waals surface area contributed by atoms with Crippen LogP contribution < -0.4 is 15.8 Å². The predicted molar refractivity (Wildman–Crippen MR) is 69.2 cm³/mol. The SMILES string of the molecule is COc1ccc(C2(N)CNC2)c2ccccc12. The summed E-state index contributed by atoms with van der Waals surface area (Å²) in [5, 5.41) is 5.56. The predicted octanol–water partition coefficient (Wildman–Crippen LogP) is 1.61. The Morgan fingerprint density at radius 1 is 1.12 bits per heavy atom. The van der Waals surface area contributed by atoms with Gasteiger partial charge in [0, 0.05) is 18.5 Å². The summed E-state index contributed by atoms with van der Waals surface area (Å²) in [6, 6.07) is 12.3. The monoisotopic (exact) mass is 228 g/mol. The number of rotatable bonds is 2. The number of hydrogen-bond acceptors (Lipinski definition) is 3. The molecule has 3 nitrogen and oxygen atoms in total. The van der Waals surface area contributed by atoms with Crippen LogP contribution in [-0.4, -0.2) is 20.2 Å². The van der Waals surface area contributed by atoms with E-state index in [1.54, 1.807) is 7.11 Å². The van der Waals surface area contributed by atoms with Crippen LogP contribution >= 0.6 is 0 Å². The summed E-state index contributed by atoms with van der Waals surface area (Å²) in [7, 11) is 1.70. The van der Waals surface area contributed by atoms with Crippen LogP contribution in [0.15, 0.2) is 36.4 Å². The molecule has 0 radical (unpaired) electrons. The van der Waals surface area contributed by atoms with E-state index in [0.29, 0.717) is 0 Å². The maximum absolute atomic E-state index is 6.38. The smallest absolute Gasteiger partial charge is 0.126 e. The van der Waals surface area contributed by atoms with Gasteiger partial charge in [-0.1, -0.05) is 30.3 Å². The van der Waals surface area contributed by atoms with Crippen LogP contribution in [0.2, 0.25) is 0 Å². The molecule has 2 aromatic rings. The molecule has 1 heterocycles. The summed E-state index contributed by atoms with van der Waals surface area (Å²) < 4.78 is 5.39. The maximum Gasteiger partial charge on any atom is 0.126 e. The third-order valence-electron chi connectivity index (χ3n) is 3.52. The van der Waals surface area contributed by atoms with Crippen LogP contribution in [0.25, 0.3) is 10.8 Å². The van der Waals surface area contributed by atoms with Crippen molar-refractivity contribution in [2.24, 2.45) is 5.73 Å². The van der Waals surface area contributed by atoms with Gasteiger partial charge in [-0.15, -0.1) is 0 Å². The van der Waals surface area contributed by atoms with Crippen molar-refractivity contribution < 1.29 is 4.74 Å². The van der Waals surface area contributed by atoms with Gasteiger partial charge in [-0.25, -0.2) is 0 Å². The van der Waals surface area contributed by atoms with Crippen LogP contribution in [0.1, 0.15) is 5.56 Å².